The molecule has 0 aliphatic heterocycles. The van der Waals surface area contributed by atoms with Gasteiger partial charge in [-0.1, -0.05) is 60.2 Å². The predicted molar refractivity (Wildman–Crippen MR) is 133 cm³/mol. The quantitative estimate of drug-likeness (QED) is 0.274. The van der Waals surface area contributed by atoms with E-state index in [0.717, 1.165) is 16.7 Å². The second kappa shape index (κ2) is 10.4. The molecule has 0 fully saturated rings. The summed E-state index contributed by atoms with van der Waals surface area (Å²) < 4.78 is 5.93. The molecule has 0 aliphatic carbocycles. The zero-order valence-corrected chi connectivity index (χ0v) is 18.7. The van der Waals surface area contributed by atoms with Crippen molar-refractivity contribution < 1.29 is 14.0 Å². The van der Waals surface area contributed by atoms with E-state index in [0.29, 0.717) is 22.8 Å². The first-order chi connectivity index (χ1) is 16.5. The molecule has 0 radical (unpaired) electrons. The van der Waals surface area contributed by atoms with E-state index in [1.807, 2.05) is 55.5 Å². The van der Waals surface area contributed by atoms with Crippen molar-refractivity contribution in [2.45, 2.75) is 13.5 Å². The van der Waals surface area contributed by atoms with Crippen molar-refractivity contribution in [3.8, 4) is 11.3 Å². The Morgan fingerprint density at radius 1 is 0.912 bits per heavy atom. The zero-order chi connectivity index (χ0) is 23.9. The van der Waals surface area contributed by atoms with Crippen molar-refractivity contribution in [2.75, 3.05) is 5.73 Å². The Bertz CT molecular complexity index is 1320. The summed E-state index contributed by atoms with van der Waals surface area (Å²) in [7, 11) is 0. The first-order valence-corrected chi connectivity index (χ1v) is 10.9. The number of nitrogens with two attached hydrogens (primary N) is 1. The number of aryl methyl sites for hydroxylation is 1. The Hall–Kier alpha value is -4.58. The number of rotatable bonds is 7. The highest BCUT2D eigenvalue weighted by Gasteiger charge is 2.16. The Morgan fingerprint density at radius 3 is 2.41 bits per heavy atom. The molecule has 0 aliphatic rings. The van der Waals surface area contributed by atoms with Crippen molar-refractivity contribution in [1.82, 2.24) is 10.6 Å². The van der Waals surface area contributed by atoms with Crippen molar-refractivity contribution >= 4 is 23.6 Å². The minimum absolute atomic E-state index is 0.0718. The maximum atomic E-state index is 13.0. The van der Waals surface area contributed by atoms with E-state index < -0.39 is 11.8 Å². The Kier molecular flexibility index (Phi) is 6.89. The molecule has 3 aromatic carbocycles. The van der Waals surface area contributed by atoms with Crippen molar-refractivity contribution in [2.24, 2.45) is 0 Å². The van der Waals surface area contributed by atoms with Gasteiger partial charge in [-0.2, -0.15) is 0 Å². The van der Waals surface area contributed by atoms with E-state index in [1.165, 1.54) is 6.08 Å². The van der Waals surface area contributed by atoms with E-state index in [-0.39, 0.29) is 12.2 Å². The summed E-state index contributed by atoms with van der Waals surface area (Å²) in [5, 5.41) is 5.54. The topological polar surface area (TPSA) is 97.4 Å². The molecule has 6 nitrogen and oxygen atoms in total. The molecule has 4 N–H and O–H groups in total. The fourth-order valence-corrected chi connectivity index (χ4v) is 3.37. The molecular weight excluding hydrogens is 426 g/mol. The minimum Gasteiger partial charge on any atom is -0.457 e. The number of hydrogen-bond donors (Lipinski definition) is 3. The smallest absolute Gasteiger partial charge is 0.268 e. The van der Waals surface area contributed by atoms with Gasteiger partial charge in [-0.05, 0) is 48.9 Å². The lowest BCUT2D eigenvalue weighted by Gasteiger charge is -2.11. The predicted octanol–water partition coefficient (Wildman–Crippen LogP) is 4.92. The van der Waals surface area contributed by atoms with Gasteiger partial charge in [-0.15, -0.1) is 0 Å². The van der Waals surface area contributed by atoms with Crippen LogP contribution in [-0.4, -0.2) is 11.8 Å². The molecule has 4 aromatic rings. The van der Waals surface area contributed by atoms with Crippen LogP contribution in [0.2, 0.25) is 0 Å². The SMILES string of the molecule is Cc1ccc(-c2ccc(/C=C(\NC(=O)c3ccccc3)C(=O)NCc3cccc(N)c3)o2)cc1. The summed E-state index contributed by atoms with van der Waals surface area (Å²) in [4.78, 5) is 25.8. The third kappa shape index (κ3) is 5.81. The van der Waals surface area contributed by atoms with Crippen molar-refractivity contribution in [1.29, 1.82) is 0 Å². The number of hydrogen-bond acceptors (Lipinski definition) is 4. The fraction of sp³-hybridized carbons (Fsp3) is 0.0714. The van der Waals surface area contributed by atoms with Crippen LogP contribution >= 0.6 is 0 Å². The second-order valence-corrected chi connectivity index (χ2v) is 7.87. The van der Waals surface area contributed by atoms with E-state index in [1.54, 1.807) is 42.5 Å². The third-order valence-electron chi connectivity index (χ3n) is 5.18. The number of nitrogens with one attached hydrogen (secondary N) is 2. The highest BCUT2D eigenvalue weighted by atomic mass is 16.3. The van der Waals surface area contributed by atoms with E-state index in [2.05, 4.69) is 10.6 Å². The van der Waals surface area contributed by atoms with Gasteiger partial charge >= 0.3 is 0 Å². The van der Waals surface area contributed by atoms with Gasteiger partial charge in [-0.25, -0.2) is 0 Å². The molecule has 0 bridgehead atoms. The van der Waals surface area contributed by atoms with Crippen LogP contribution < -0.4 is 16.4 Å². The standard InChI is InChI=1S/C28H25N3O3/c1-19-10-12-21(13-11-19)26-15-14-24(34-26)17-25(31-27(32)22-7-3-2-4-8-22)28(33)30-18-20-6-5-9-23(29)16-20/h2-17H,18,29H2,1H3,(H,30,33)(H,31,32)/b25-17-. The number of carbonyl (C=O) groups is 2. The Balaban J connectivity index is 1.57. The van der Waals surface area contributed by atoms with Gasteiger partial charge in [0, 0.05) is 29.4 Å². The van der Waals surface area contributed by atoms with Gasteiger partial charge < -0.3 is 20.8 Å². The average molecular weight is 452 g/mol. The summed E-state index contributed by atoms with van der Waals surface area (Å²) in [6.45, 7) is 2.28. The maximum Gasteiger partial charge on any atom is 0.268 e. The largest absolute Gasteiger partial charge is 0.457 e. The van der Waals surface area contributed by atoms with Gasteiger partial charge in [0.2, 0.25) is 0 Å². The van der Waals surface area contributed by atoms with Crippen LogP contribution in [0.25, 0.3) is 17.4 Å². The molecule has 0 unspecified atom stereocenters. The molecule has 34 heavy (non-hydrogen) atoms. The second-order valence-electron chi connectivity index (χ2n) is 7.87. The van der Waals surface area contributed by atoms with Crippen LogP contribution in [0.3, 0.4) is 0 Å². The van der Waals surface area contributed by atoms with Gasteiger partial charge in [0.15, 0.2) is 0 Å². The first kappa shape index (κ1) is 22.6. The van der Waals surface area contributed by atoms with Crippen LogP contribution in [0.5, 0.6) is 0 Å². The first-order valence-electron chi connectivity index (χ1n) is 10.9. The Labute approximate surface area is 198 Å². The van der Waals surface area contributed by atoms with Gasteiger partial charge in [0.25, 0.3) is 11.8 Å². The summed E-state index contributed by atoms with van der Waals surface area (Å²) >= 11 is 0. The van der Waals surface area contributed by atoms with E-state index >= 15 is 0 Å². The lowest BCUT2D eigenvalue weighted by atomic mass is 10.1. The number of furan rings is 1. The van der Waals surface area contributed by atoms with Gasteiger partial charge in [0.1, 0.15) is 17.2 Å². The monoisotopic (exact) mass is 451 g/mol. The Morgan fingerprint density at radius 2 is 1.68 bits per heavy atom. The van der Waals surface area contributed by atoms with Crippen molar-refractivity contribution in [3.05, 3.63) is 119 Å². The summed E-state index contributed by atoms with van der Waals surface area (Å²) in [6.07, 6.45) is 1.52. The maximum absolute atomic E-state index is 13.0. The zero-order valence-electron chi connectivity index (χ0n) is 18.7. The fourth-order valence-electron chi connectivity index (χ4n) is 3.37. The van der Waals surface area contributed by atoms with Crippen LogP contribution in [-0.2, 0) is 11.3 Å². The molecule has 0 saturated heterocycles. The molecular formula is C28H25N3O3. The normalized spacial score (nSPS) is 11.1. The number of carbonyl (C=O) groups excluding carboxylic acids is 2. The molecule has 0 atom stereocenters. The average Bonchev–Trinajstić information content (AvgIpc) is 3.31. The van der Waals surface area contributed by atoms with E-state index in [4.69, 9.17) is 10.2 Å². The van der Waals surface area contributed by atoms with Gasteiger partial charge in [0.05, 0.1) is 0 Å². The number of benzene rings is 3. The highest BCUT2D eigenvalue weighted by molar-refractivity contribution is 6.05. The number of amides is 2. The number of nitrogen functional groups attached to an aromatic ring is 1. The summed E-state index contributed by atoms with van der Waals surface area (Å²) in [5.41, 5.74) is 9.87. The molecule has 0 saturated carbocycles. The lowest BCUT2D eigenvalue weighted by molar-refractivity contribution is -0.117. The van der Waals surface area contributed by atoms with Crippen LogP contribution in [0.15, 0.2) is 101 Å². The van der Waals surface area contributed by atoms with Crippen LogP contribution in [0.1, 0.15) is 27.2 Å². The van der Waals surface area contributed by atoms with Crippen LogP contribution in [0.4, 0.5) is 5.69 Å². The molecule has 4 rings (SSSR count). The van der Waals surface area contributed by atoms with Gasteiger partial charge in [-0.3, -0.25) is 9.59 Å². The summed E-state index contributed by atoms with van der Waals surface area (Å²) in [5.74, 6) is 0.273. The summed E-state index contributed by atoms with van der Waals surface area (Å²) in [6, 6.07) is 27.5. The van der Waals surface area contributed by atoms with Crippen molar-refractivity contribution in [3.63, 3.8) is 0 Å². The van der Waals surface area contributed by atoms with Crippen LogP contribution in [0, 0.1) is 6.92 Å². The lowest BCUT2D eigenvalue weighted by Crippen LogP contribution is -2.34. The molecule has 0 spiro atoms. The molecule has 2 amide bonds. The highest BCUT2D eigenvalue weighted by Crippen LogP contribution is 2.23. The number of anilines is 1. The molecule has 1 heterocycles. The minimum atomic E-state index is -0.444. The third-order valence-corrected chi connectivity index (χ3v) is 5.18. The molecule has 6 heteroatoms. The molecule has 1 aromatic heterocycles. The molecule has 170 valence electrons. The van der Waals surface area contributed by atoms with E-state index in [9.17, 15) is 9.59 Å².